The van der Waals surface area contributed by atoms with Gasteiger partial charge in [-0.2, -0.15) is 0 Å². The van der Waals surface area contributed by atoms with Crippen molar-refractivity contribution in [3.63, 3.8) is 0 Å². The minimum Gasteiger partial charge on any atom is -0.484 e. The molecule has 0 atom stereocenters. The number of carbonyl (C=O) groups is 1. The van der Waals surface area contributed by atoms with Crippen LogP contribution < -0.4 is 10.1 Å². The average molecular weight is 312 g/mol. The molecule has 1 amide bonds. The molecule has 0 saturated carbocycles. The van der Waals surface area contributed by atoms with Gasteiger partial charge in [0.25, 0.3) is 5.91 Å². The summed E-state index contributed by atoms with van der Waals surface area (Å²) in [5.74, 6) is 0.629. The molecule has 0 saturated heterocycles. The van der Waals surface area contributed by atoms with Crippen LogP contribution in [0.1, 0.15) is 12.0 Å². The van der Waals surface area contributed by atoms with Crippen molar-refractivity contribution >= 4 is 5.91 Å². The summed E-state index contributed by atoms with van der Waals surface area (Å²) in [5, 5.41) is 2.88. The second kappa shape index (κ2) is 9.64. The number of ether oxygens (including phenoxy) is 1. The van der Waals surface area contributed by atoms with Gasteiger partial charge in [0.2, 0.25) is 0 Å². The SMILES string of the molecule is CN(CCCNC(=O)COc1ccccc1)Cc1ccccc1. The zero-order valence-electron chi connectivity index (χ0n) is 13.6. The smallest absolute Gasteiger partial charge is 0.257 e. The Labute approximate surface area is 138 Å². The Morgan fingerprint density at radius 1 is 1.04 bits per heavy atom. The molecule has 0 aromatic heterocycles. The molecule has 23 heavy (non-hydrogen) atoms. The average Bonchev–Trinajstić information content (AvgIpc) is 2.59. The Balaban J connectivity index is 1.55. The summed E-state index contributed by atoms with van der Waals surface area (Å²) in [5.41, 5.74) is 1.30. The molecule has 122 valence electrons. The van der Waals surface area contributed by atoms with Crippen molar-refractivity contribution in [1.82, 2.24) is 10.2 Å². The van der Waals surface area contributed by atoms with Crippen LogP contribution in [0.15, 0.2) is 60.7 Å². The number of nitrogens with zero attached hydrogens (tertiary/aromatic N) is 1. The molecular weight excluding hydrogens is 288 g/mol. The predicted molar refractivity (Wildman–Crippen MR) is 92.3 cm³/mol. The number of benzene rings is 2. The lowest BCUT2D eigenvalue weighted by Gasteiger charge is -2.16. The van der Waals surface area contributed by atoms with Crippen molar-refractivity contribution in [2.75, 3.05) is 26.7 Å². The van der Waals surface area contributed by atoms with Gasteiger partial charge in [-0.15, -0.1) is 0 Å². The van der Waals surface area contributed by atoms with Gasteiger partial charge in [-0.05, 0) is 37.7 Å². The molecule has 1 N–H and O–H groups in total. The molecule has 0 aliphatic carbocycles. The van der Waals surface area contributed by atoms with Crippen LogP contribution in [0.25, 0.3) is 0 Å². The molecule has 2 aromatic rings. The van der Waals surface area contributed by atoms with Gasteiger partial charge in [0, 0.05) is 13.1 Å². The molecule has 4 heteroatoms. The first-order valence-electron chi connectivity index (χ1n) is 7.91. The van der Waals surface area contributed by atoms with E-state index in [2.05, 4.69) is 41.5 Å². The fraction of sp³-hybridized carbons (Fsp3) is 0.316. The van der Waals surface area contributed by atoms with Gasteiger partial charge in [-0.3, -0.25) is 4.79 Å². The van der Waals surface area contributed by atoms with Crippen molar-refractivity contribution in [1.29, 1.82) is 0 Å². The van der Waals surface area contributed by atoms with Crippen molar-refractivity contribution in [2.45, 2.75) is 13.0 Å². The van der Waals surface area contributed by atoms with E-state index in [0.717, 1.165) is 19.5 Å². The summed E-state index contributed by atoms with van der Waals surface area (Å²) in [4.78, 5) is 14.0. The standard InChI is InChI=1S/C19H24N2O2/c1-21(15-17-9-4-2-5-10-17)14-8-13-20-19(22)16-23-18-11-6-3-7-12-18/h2-7,9-12H,8,13-16H2,1H3,(H,20,22). The van der Waals surface area contributed by atoms with E-state index >= 15 is 0 Å². The molecular formula is C19H24N2O2. The molecule has 2 aromatic carbocycles. The summed E-state index contributed by atoms with van der Waals surface area (Å²) >= 11 is 0. The number of rotatable bonds is 9. The van der Waals surface area contributed by atoms with E-state index in [9.17, 15) is 4.79 Å². The first kappa shape index (κ1) is 17.0. The first-order chi connectivity index (χ1) is 11.2. The van der Waals surface area contributed by atoms with Gasteiger partial charge in [0.05, 0.1) is 0 Å². The third-order valence-corrected chi connectivity index (χ3v) is 3.45. The monoisotopic (exact) mass is 312 g/mol. The largest absolute Gasteiger partial charge is 0.484 e. The van der Waals surface area contributed by atoms with Gasteiger partial charge in [-0.1, -0.05) is 48.5 Å². The second-order valence-electron chi connectivity index (χ2n) is 5.53. The van der Waals surface area contributed by atoms with E-state index in [-0.39, 0.29) is 12.5 Å². The van der Waals surface area contributed by atoms with Crippen LogP contribution >= 0.6 is 0 Å². The Hall–Kier alpha value is -2.33. The summed E-state index contributed by atoms with van der Waals surface area (Å²) in [7, 11) is 2.09. The molecule has 2 rings (SSSR count). The number of para-hydroxylation sites is 1. The highest BCUT2D eigenvalue weighted by Crippen LogP contribution is 2.07. The third-order valence-electron chi connectivity index (χ3n) is 3.45. The van der Waals surface area contributed by atoms with E-state index in [1.54, 1.807) is 0 Å². The summed E-state index contributed by atoms with van der Waals surface area (Å²) < 4.78 is 5.40. The number of amides is 1. The van der Waals surface area contributed by atoms with E-state index in [4.69, 9.17) is 4.74 Å². The van der Waals surface area contributed by atoms with E-state index in [1.807, 2.05) is 36.4 Å². The van der Waals surface area contributed by atoms with Crippen LogP contribution in [0.2, 0.25) is 0 Å². The van der Waals surface area contributed by atoms with Gasteiger partial charge in [0.15, 0.2) is 6.61 Å². The zero-order chi connectivity index (χ0) is 16.3. The lowest BCUT2D eigenvalue weighted by molar-refractivity contribution is -0.123. The van der Waals surface area contributed by atoms with Crippen molar-refractivity contribution in [2.24, 2.45) is 0 Å². The Bertz CT molecular complexity index is 572. The summed E-state index contributed by atoms with van der Waals surface area (Å²) in [6.45, 7) is 2.58. The normalized spacial score (nSPS) is 10.5. The minimum absolute atomic E-state index is 0.0594. The maximum atomic E-state index is 11.7. The van der Waals surface area contributed by atoms with Gasteiger partial charge in [-0.25, -0.2) is 0 Å². The molecule has 0 fully saturated rings. The first-order valence-corrected chi connectivity index (χ1v) is 7.91. The number of nitrogens with one attached hydrogen (secondary N) is 1. The molecule has 0 aliphatic heterocycles. The van der Waals surface area contributed by atoms with Crippen LogP contribution in [-0.4, -0.2) is 37.6 Å². The van der Waals surface area contributed by atoms with Crippen LogP contribution in [-0.2, 0) is 11.3 Å². The molecule has 0 aliphatic rings. The predicted octanol–water partition coefficient (Wildman–Crippen LogP) is 2.70. The summed E-state index contributed by atoms with van der Waals surface area (Å²) in [6, 6.07) is 19.7. The molecule has 0 radical (unpaired) electrons. The topological polar surface area (TPSA) is 41.6 Å². The van der Waals surface area contributed by atoms with Crippen molar-refractivity contribution in [3.8, 4) is 5.75 Å². The molecule has 4 nitrogen and oxygen atoms in total. The highest BCUT2D eigenvalue weighted by atomic mass is 16.5. The fourth-order valence-corrected chi connectivity index (χ4v) is 2.27. The highest BCUT2D eigenvalue weighted by molar-refractivity contribution is 5.77. The number of hydrogen-bond donors (Lipinski definition) is 1. The Morgan fingerprint density at radius 3 is 2.39 bits per heavy atom. The number of hydrogen-bond acceptors (Lipinski definition) is 3. The van der Waals surface area contributed by atoms with Crippen molar-refractivity contribution in [3.05, 3.63) is 66.2 Å². The van der Waals surface area contributed by atoms with Gasteiger partial charge >= 0.3 is 0 Å². The lowest BCUT2D eigenvalue weighted by atomic mass is 10.2. The van der Waals surface area contributed by atoms with Crippen LogP contribution in [0.4, 0.5) is 0 Å². The Morgan fingerprint density at radius 2 is 1.70 bits per heavy atom. The number of carbonyl (C=O) groups excluding carboxylic acids is 1. The van der Waals surface area contributed by atoms with Gasteiger partial charge in [0.1, 0.15) is 5.75 Å². The highest BCUT2D eigenvalue weighted by Gasteiger charge is 2.03. The third kappa shape index (κ3) is 6.98. The molecule has 0 spiro atoms. The zero-order valence-corrected chi connectivity index (χ0v) is 13.6. The molecule has 0 unspecified atom stereocenters. The quantitative estimate of drug-likeness (QED) is 0.724. The van der Waals surface area contributed by atoms with Crippen LogP contribution in [0, 0.1) is 0 Å². The van der Waals surface area contributed by atoms with Crippen molar-refractivity contribution < 1.29 is 9.53 Å². The second-order valence-corrected chi connectivity index (χ2v) is 5.53. The van der Waals surface area contributed by atoms with Crippen LogP contribution in [0.5, 0.6) is 5.75 Å². The minimum atomic E-state index is -0.0837. The molecule has 0 bridgehead atoms. The van der Waals surface area contributed by atoms with E-state index < -0.39 is 0 Å². The lowest BCUT2D eigenvalue weighted by Crippen LogP contribution is -2.31. The van der Waals surface area contributed by atoms with Gasteiger partial charge < -0.3 is 15.0 Å². The maximum Gasteiger partial charge on any atom is 0.257 e. The summed E-state index contributed by atoms with van der Waals surface area (Å²) in [6.07, 6.45) is 0.917. The fourth-order valence-electron chi connectivity index (χ4n) is 2.27. The maximum absolute atomic E-state index is 11.7. The van der Waals surface area contributed by atoms with E-state index in [0.29, 0.717) is 12.3 Å². The van der Waals surface area contributed by atoms with Crippen LogP contribution in [0.3, 0.4) is 0 Å². The Kier molecular flexibility index (Phi) is 7.14. The van der Waals surface area contributed by atoms with E-state index in [1.165, 1.54) is 5.56 Å². The molecule has 0 heterocycles.